The molecule has 0 aliphatic carbocycles. The molecule has 0 radical (unpaired) electrons. The van der Waals surface area contributed by atoms with Gasteiger partial charge in [-0.25, -0.2) is 0 Å². The third-order valence-corrected chi connectivity index (χ3v) is 0.610. The van der Waals surface area contributed by atoms with E-state index in [4.69, 9.17) is 0 Å². The summed E-state index contributed by atoms with van der Waals surface area (Å²) in [4.78, 5) is 20.0. The van der Waals surface area contributed by atoms with Crippen molar-refractivity contribution in [3.8, 4) is 0 Å². The second kappa shape index (κ2) is 3.43. The lowest BCUT2D eigenvalue weighted by molar-refractivity contribution is -0.113. The molecule has 0 fully saturated rings. The van der Waals surface area contributed by atoms with Crippen LogP contribution in [0.5, 0.6) is 0 Å². The number of rotatable bonds is 2. The summed E-state index contributed by atoms with van der Waals surface area (Å²) in [7, 11) is 0. The van der Waals surface area contributed by atoms with Crippen LogP contribution >= 0.6 is 12.6 Å². The van der Waals surface area contributed by atoms with Crippen molar-refractivity contribution in [3.63, 3.8) is 0 Å². The number of allylic oxidation sites excluding steroid dienone is 1. The minimum absolute atomic E-state index is 0.146. The first-order valence-electron chi connectivity index (χ1n) is 2.04. The number of hydrogen-bond acceptors (Lipinski definition) is 2. The monoisotopic (exact) mass is 130 g/mol. The van der Waals surface area contributed by atoms with E-state index in [1.165, 1.54) is 13.0 Å². The molecule has 0 aromatic carbocycles. The molecule has 0 N–H and O–H groups in total. The Balaban J connectivity index is 3.67. The number of ketones is 1. The van der Waals surface area contributed by atoms with E-state index in [1.54, 1.807) is 0 Å². The molecule has 0 amide bonds. The van der Waals surface area contributed by atoms with Gasteiger partial charge in [-0.15, -0.1) is 12.6 Å². The lowest BCUT2D eigenvalue weighted by Crippen LogP contribution is -1.82. The summed E-state index contributed by atoms with van der Waals surface area (Å²) in [6.07, 6.45) is 2.29. The van der Waals surface area contributed by atoms with Gasteiger partial charge in [0, 0.05) is 0 Å². The predicted octanol–water partition coefficient (Wildman–Crippen LogP) is 0.588. The normalized spacial score (nSPS) is 9.75. The van der Waals surface area contributed by atoms with E-state index in [-0.39, 0.29) is 5.78 Å². The Labute approximate surface area is 53.0 Å². The highest BCUT2D eigenvalue weighted by Crippen LogP contribution is 1.81. The first-order chi connectivity index (χ1) is 3.63. The van der Waals surface area contributed by atoms with E-state index in [0.29, 0.717) is 0 Å². The van der Waals surface area contributed by atoms with Crippen LogP contribution in [-0.4, -0.2) is 10.9 Å². The van der Waals surface area contributed by atoms with Gasteiger partial charge in [-0.2, -0.15) is 0 Å². The molecule has 0 atom stereocenters. The maximum absolute atomic E-state index is 10.1. The average molecular weight is 130 g/mol. The van der Waals surface area contributed by atoms with Gasteiger partial charge in [0.25, 0.3) is 0 Å². The topological polar surface area (TPSA) is 34.1 Å². The molecule has 0 rings (SSSR count). The van der Waals surface area contributed by atoms with E-state index in [2.05, 4.69) is 12.6 Å². The Hall–Kier alpha value is -0.570. The fourth-order valence-electron chi connectivity index (χ4n) is 0.189. The zero-order valence-corrected chi connectivity index (χ0v) is 5.31. The summed E-state index contributed by atoms with van der Waals surface area (Å²) in [6.45, 7) is 1.37. The van der Waals surface area contributed by atoms with Gasteiger partial charge >= 0.3 is 0 Å². The van der Waals surface area contributed by atoms with Crippen molar-refractivity contribution in [2.24, 2.45) is 0 Å². The second-order valence-corrected chi connectivity index (χ2v) is 1.72. The van der Waals surface area contributed by atoms with Gasteiger partial charge in [0.15, 0.2) is 5.78 Å². The molecule has 0 bridgehead atoms. The highest BCUT2D eigenvalue weighted by atomic mass is 32.1. The van der Waals surface area contributed by atoms with Gasteiger partial charge in [0.2, 0.25) is 5.12 Å². The van der Waals surface area contributed by atoms with Gasteiger partial charge in [-0.05, 0) is 19.1 Å². The molecule has 2 nitrogen and oxygen atoms in total. The standard InChI is InChI=1S/C5H6O2S/c1-4(6)2-3-5(7)8/h2-3H,1H3,(H,7,8)/b3-2-. The highest BCUT2D eigenvalue weighted by Gasteiger charge is 1.83. The third kappa shape index (κ3) is 5.43. The Kier molecular flexibility index (Phi) is 3.19. The van der Waals surface area contributed by atoms with Crippen molar-refractivity contribution < 1.29 is 9.59 Å². The third-order valence-electron chi connectivity index (χ3n) is 0.461. The summed E-state index contributed by atoms with van der Waals surface area (Å²) in [5.41, 5.74) is 0. The molecule has 0 aromatic rings. The van der Waals surface area contributed by atoms with E-state index in [0.717, 1.165) is 6.08 Å². The van der Waals surface area contributed by atoms with Gasteiger partial charge < -0.3 is 0 Å². The van der Waals surface area contributed by atoms with Crippen LogP contribution in [0, 0.1) is 0 Å². The van der Waals surface area contributed by atoms with Crippen LogP contribution in [0.1, 0.15) is 6.92 Å². The zero-order chi connectivity index (χ0) is 6.57. The first kappa shape index (κ1) is 7.43. The van der Waals surface area contributed by atoms with Crippen LogP contribution in [0.2, 0.25) is 0 Å². The average Bonchev–Trinajstić information content (AvgIpc) is 1.61. The zero-order valence-electron chi connectivity index (χ0n) is 4.42. The van der Waals surface area contributed by atoms with Crippen LogP contribution in [0.4, 0.5) is 0 Å². The Morgan fingerprint density at radius 1 is 1.38 bits per heavy atom. The molecule has 44 valence electrons. The van der Waals surface area contributed by atoms with Crippen LogP contribution in [0.25, 0.3) is 0 Å². The van der Waals surface area contributed by atoms with Gasteiger partial charge in [-0.1, -0.05) is 0 Å². The molecule has 0 heterocycles. The smallest absolute Gasteiger partial charge is 0.209 e. The van der Waals surface area contributed by atoms with Crippen LogP contribution in [0.3, 0.4) is 0 Å². The van der Waals surface area contributed by atoms with E-state index in [1.807, 2.05) is 0 Å². The fraction of sp³-hybridized carbons (Fsp3) is 0.200. The summed E-state index contributed by atoms with van der Waals surface area (Å²) in [5.74, 6) is -0.146. The van der Waals surface area contributed by atoms with Crippen molar-refractivity contribution in [2.75, 3.05) is 0 Å². The van der Waals surface area contributed by atoms with E-state index in [9.17, 15) is 9.59 Å². The maximum Gasteiger partial charge on any atom is 0.209 e. The number of thiol groups is 1. The Bertz CT molecular complexity index is 121. The van der Waals surface area contributed by atoms with Crippen molar-refractivity contribution in [2.45, 2.75) is 6.92 Å². The van der Waals surface area contributed by atoms with E-state index < -0.39 is 5.12 Å². The number of carbonyl (C=O) groups is 2. The molecule has 0 saturated heterocycles. The minimum atomic E-state index is -0.403. The summed E-state index contributed by atoms with van der Waals surface area (Å²) >= 11 is 3.39. The highest BCUT2D eigenvalue weighted by molar-refractivity contribution is 7.97. The van der Waals surface area contributed by atoms with Crippen molar-refractivity contribution >= 4 is 23.5 Å². The van der Waals surface area contributed by atoms with Gasteiger partial charge in [0.05, 0.1) is 0 Å². The summed E-state index contributed by atoms with van der Waals surface area (Å²) in [6, 6.07) is 0. The Morgan fingerprint density at radius 2 is 1.88 bits per heavy atom. The molecule has 0 aliphatic rings. The van der Waals surface area contributed by atoms with Crippen LogP contribution in [-0.2, 0) is 9.59 Å². The lowest BCUT2D eigenvalue weighted by atomic mass is 10.4. The molecule has 0 aromatic heterocycles. The molecule has 8 heavy (non-hydrogen) atoms. The predicted molar refractivity (Wildman–Crippen MR) is 33.8 cm³/mol. The molecule has 0 aliphatic heterocycles. The van der Waals surface area contributed by atoms with E-state index >= 15 is 0 Å². The largest absolute Gasteiger partial charge is 0.295 e. The van der Waals surface area contributed by atoms with Crippen molar-refractivity contribution in [3.05, 3.63) is 12.2 Å². The second-order valence-electron chi connectivity index (χ2n) is 1.28. The SMILES string of the molecule is CC(=O)/C=C\C(=O)S. The summed E-state index contributed by atoms with van der Waals surface area (Å²) < 4.78 is 0. The quantitative estimate of drug-likeness (QED) is 0.438. The Morgan fingerprint density at radius 3 is 2.00 bits per heavy atom. The van der Waals surface area contributed by atoms with Crippen molar-refractivity contribution in [1.29, 1.82) is 0 Å². The number of hydrogen-bond donors (Lipinski definition) is 1. The molecule has 3 heteroatoms. The molecule has 0 unspecified atom stereocenters. The molecule has 0 spiro atoms. The summed E-state index contributed by atoms with van der Waals surface area (Å²) in [5, 5.41) is -0.403. The number of carbonyl (C=O) groups excluding carboxylic acids is 2. The molecular formula is C5H6O2S. The van der Waals surface area contributed by atoms with Crippen molar-refractivity contribution in [1.82, 2.24) is 0 Å². The minimum Gasteiger partial charge on any atom is -0.295 e. The molecular weight excluding hydrogens is 124 g/mol. The molecule has 0 saturated carbocycles. The van der Waals surface area contributed by atoms with Crippen LogP contribution in [0.15, 0.2) is 12.2 Å². The van der Waals surface area contributed by atoms with Gasteiger partial charge in [-0.3, -0.25) is 9.59 Å². The van der Waals surface area contributed by atoms with Gasteiger partial charge in [0.1, 0.15) is 0 Å². The lowest BCUT2D eigenvalue weighted by Gasteiger charge is -1.74. The maximum atomic E-state index is 10.1. The fourth-order valence-corrected chi connectivity index (χ4v) is 0.263. The first-order valence-corrected chi connectivity index (χ1v) is 2.49. The van der Waals surface area contributed by atoms with Crippen LogP contribution < -0.4 is 0 Å².